The summed E-state index contributed by atoms with van der Waals surface area (Å²) < 4.78 is 0. The summed E-state index contributed by atoms with van der Waals surface area (Å²) in [4.78, 5) is 13.7. The zero-order valence-corrected chi connectivity index (χ0v) is 14.0. The fourth-order valence-electron chi connectivity index (χ4n) is 2.34. The molecule has 0 spiro atoms. The van der Waals surface area contributed by atoms with Gasteiger partial charge in [-0.2, -0.15) is 0 Å². The minimum atomic E-state index is 0.0529. The number of nitrogens with one attached hydrogen (secondary N) is 2. The van der Waals surface area contributed by atoms with Crippen LogP contribution >= 0.6 is 0 Å². The van der Waals surface area contributed by atoms with Gasteiger partial charge >= 0.3 is 0 Å². The molecule has 2 N–H and O–H groups in total. The number of nitrogens with zero attached hydrogens (tertiary/aromatic N) is 1. The van der Waals surface area contributed by atoms with Gasteiger partial charge in [-0.3, -0.25) is 4.79 Å². The Kier molecular flexibility index (Phi) is 6.18. The molecule has 2 aromatic rings. The third-order valence-electron chi connectivity index (χ3n) is 3.85. The molecule has 0 saturated carbocycles. The average Bonchev–Trinajstić information content (AvgIpc) is 2.59. The molecule has 0 aliphatic rings. The quantitative estimate of drug-likeness (QED) is 0.825. The second-order valence-corrected chi connectivity index (χ2v) is 5.71. The number of likely N-dealkylation sites (N-methyl/N-ethyl adjacent to an activating group) is 1. The summed E-state index contributed by atoms with van der Waals surface area (Å²) in [6.07, 6.45) is 0. The fraction of sp³-hybridized carbons (Fsp3) is 0.316. The van der Waals surface area contributed by atoms with Crippen LogP contribution in [0.25, 0.3) is 0 Å². The summed E-state index contributed by atoms with van der Waals surface area (Å²) in [7, 11) is 1.90. The van der Waals surface area contributed by atoms with E-state index in [1.807, 2.05) is 49.5 Å². The van der Waals surface area contributed by atoms with Crippen molar-refractivity contribution >= 4 is 17.3 Å². The van der Waals surface area contributed by atoms with Gasteiger partial charge in [0.25, 0.3) is 0 Å². The molecule has 4 heteroatoms. The van der Waals surface area contributed by atoms with E-state index >= 15 is 0 Å². The third kappa shape index (κ3) is 5.11. The van der Waals surface area contributed by atoms with Gasteiger partial charge in [0.05, 0.1) is 0 Å². The second kappa shape index (κ2) is 8.34. The van der Waals surface area contributed by atoms with Gasteiger partial charge in [-0.25, -0.2) is 0 Å². The van der Waals surface area contributed by atoms with Crippen molar-refractivity contribution in [3.8, 4) is 0 Å². The zero-order valence-electron chi connectivity index (χ0n) is 14.0. The molecule has 4 nitrogen and oxygen atoms in total. The molecule has 0 bridgehead atoms. The Morgan fingerprint density at radius 3 is 2.30 bits per heavy atom. The lowest BCUT2D eigenvalue weighted by molar-refractivity contribution is -0.116. The largest absolute Gasteiger partial charge is 0.381 e. The van der Waals surface area contributed by atoms with E-state index in [0.717, 1.165) is 17.9 Å². The highest BCUT2D eigenvalue weighted by Gasteiger charge is 2.14. The van der Waals surface area contributed by atoms with E-state index in [4.69, 9.17) is 0 Å². The molecule has 1 amide bonds. The molecular formula is C19H25N3O. The van der Waals surface area contributed by atoms with Gasteiger partial charge in [0.15, 0.2) is 0 Å². The summed E-state index contributed by atoms with van der Waals surface area (Å²) in [6, 6.07) is 18.5. The Labute approximate surface area is 138 Å². The van der Waals surface area contributed by atoms with Crippen LogP contribution in [0.15, 0.2) is 54.6 Å². The van der Waals surface area contributed by atoms with Crippen LogP contribution in [0, 0.1) is 0 Å². The summed E-state index contributed by atoms with van der Waals surface area (Å²) in [5.41, 5.74) is 3.21. The van der Waals surface area contributed by atoms with E-state index in [2.05, 4.69) is 29.7 Å². The SMILES string of the molecule is CNC(C)CN(C(C)=O)c1ccc(NCc2ccccc2)cc1. The molecule has 2 rings (SSSR count). The van der Waals surface area contributed by atoms with Crippen LogP contribution in [0.3, 0.4) is 0 Å². The minimum Gasteiger partial charge on any atom is -0.381 e. The molecule has 1 atom stereocenters. The van der Waals surface area contributed by atoms with E-state index < -0.39 is 0 Å². The third-order valence-corrected chi connectivity index (χ3v) is 3.85. The molecule has 0 aromatic heterocycles. The Morgan fingerprint density at radius 1 is 1.09 bits per heavy atom. The molecule has 1 unspecified atom stereocenters. The number of rotatable bonds is 7. The first-order chi connectivity index (χ1) is 11.1. The number of amides is 1. The highest BCUT2D eigenvalue weighted by atomic mass is 16.2. The van der Waals surface area contributed by atoms with Crippen LogP contribution in [-0.4, -0.2) is 25.5 Å². The van der Waals surface area contributed by atoms with Gasteiger partial charge in [-0.05, 0) is 43.8 Å². The number of hydrogen-bond donors (Lipinski definition) is 2. The van der Waals surface area contributed by atoms with E-state index in [1.165, 1.54) is 5.56 Å². The molecule has 2 aromatic carbocycles. The van der Waals surface area contributed by atoms with Gasteiger partial charge < -0.3 is 15.5 Å². The van der Waals surface area contributed by atoms with E-state index in [0.29, 0.717) is 6.54 Å². The van der Waals surface area contributed by atoms with Crippen LogP contribution in [0.1, 0.15) is 19.4 Å². The summed E-state index contributed by atoms with van der Waals surface area (Å²) >= 11 is 0. The molecule has 122 valence electrons. The first kappa shape index (κ1) is 17.0. The average molecular weight is 311 g/mol. The van der Waals surface area contributed by atoms with Crippen LogP contribution in [-0.2, 0) is 11.3 Å². The van der Waals surface area contributed by atoms with E-state index in [-0.39, 0.29) is 11.9 Å². The van der Waals surface area contributed by atoms with Crippen molar-refractivity contribution in [2.24, 2.45) is 0 Å². The molecule has 0 fully saturated rings. The molecule has 0 aliphatic carbocycles. The molecule has 0 radical (unpaired) electrons. The first-order valence-electron chi connectivity index (χ1n) is 7.93. The lowest BCUT2D eigenvalue weighted by Crippen LogP contribution is -2.40. The highest BCUT2D eigenvalue weighted by molar-refractivity contribution is 5.91. The van der Waals surface area contributed by atoms with Crippen molar-refractivity contribution in [1.29, 1.82) is 0 Å². The Morgan fingerprint density at radius 2 is 1.74 bits per heavy atom. The maximum absolute atomic E-state index is 11.9. The molecule has 23 heavy (non-hydrogen) atoms. The molecule has 0 heterocycles. The maximum atomic E-state index is 11.9. The second-order valence-electron chi connectivity index (χ2n) is 5.71. The van der Waals surface area contributed by atoms with Crippen molar-refractivity contribution in [3.05, 3.63) is 60.2 Å². The van der Waals surface area contributed by atoms with Gasteiger partial charge in [-0.1, -0.05) is 30.3 Å². The van der Waals surface area contributed by atoms with Crippen LogP contribution in [0.2, 0.25) is 0 Å². The number of benzene rings is 2. The van der Waals surface area contributed by atoms with Gasteiger partial charge in [-0.15, -0.1) is 0 Å². The van der Waals surface area contributed by atoms with Crippen molar-refractivity contribution in [2.45, 2.75) is 26.4 Å². The number of hydrogen-bond acceptors (Lipinski definition) is 3. The van der Waals surface area contributed by atoms with Crippen LogP contribution in [0.5, 0.6) is 0 Å². The monoisotopic (exact) mass is 311 g/mol. The Bertz CT molecular complexity index is 610. The van der Waals surface area contributed by atoms with Crippen molar-refractivity contribution in [1.82, 2.24) is 5.32 Å². The molecular weight excluding hydrogens is 286 g/mol. The Balaban J connectivity index is 2.01. The zero-order chi connectivity index (χ0) is 16.7. The topological polar surface area (TPSA) is 44.4 Å². The van der Waals surface area contributed by atoms with Gasteiger partial charge in [0.2, 0.25) is 5.91 Å². The molecule has 0 saturated heterocycles. The maximum Gasteiger partial charge on any atom is 0.223 e. The smallest absolute Gasteiger partial charge is 0.223 e. The van der Waals surface area contributed by atoms with Crippen LogP contribution < -0.4 is 15.5 Å². The summed E-state index contributed by atoms with van der Waals surface area (Å²) in [5.74, 6) is 0.0529. The van der Waals surface area contributed by atoms with Gasteiger partial charge in [0.1, 0.15) is 0 Å². The summed E-state index contributed by atoms with van der Waals surface area (Å²) in [5, 5.41) is 6.56. The lowest BCUT2D eigenvalue weighted by atomic mass is 10.2. The van der Waals surface area contributed by atoms with Gasteiger partial charge in [0, 0.05) is 37.4 Å². The predicted molar refractivity (Wildman–Crippen MR) is 96.8 cm³/mol. The van der Waals surface area contributed by atoms with E-state index in [9.17, 15) is 4.79 Å². The number of carbonyl (C=O) groups is 1. The normalized spacial score (nSPS) is 11.8. The Hall–Kier alpha value is -2.33. The highest BCUT2D eigenvalue weighted by Crippen LogP contribution is 2.19. The predicted octanol–water partition coefficient (Wildman–Crippen LogP) is 3.26. The van der Waals surface area contributed by atoms with Crippen molar-refractivity contribution < 1.29 is 4.79 Å². The lowest BCUT2D eigenvalue weighted by Gasteiger charge is -2.25. The summed E-state index contributed by atoms with van der Waals surface area (Å²) in [6.45, 7) is 5.10. The fourth-order valence-corrected chi connectivity index (χ4v) is 2.34. The molecule has 0 aliphatic heterocycles. The number of carbonyl (C=O) groups excluding carboxylic acids is 1. The van der Waals surface area contributed by atoms with Crippen LogP contribution in [0.4, 0.5) is 11.4 Å². The standard InChI is InChI=1S/C19H25N3O/c1-15(20-3)14-22(16(2)23)19-11-9-18(10-12-19)21-13-17-7-5-4-6-8-17/h4-12,15,20-21H,13-14H2,1-3H3. The first-order valence-corrected chi connectivity index (χ1v) is 7.93. The van der Waals surface area contributed by atoms with Crippen molar-refractivity contribution in [2.75, 3.05) is 23.8 Å². The minimum absolute atomic E-state index is 0.0529. The van der Waals surface area contributed by atoms with Crippen molar-refractivity contribution in [3.63, 3.8) is 0 Å². The van der Waals surface area contributed by atoms with E-state index in [1.54, 1.807) is 11.8 Å². The number of anilines is 2.